The van der Waals surface area contributed by atoms with E-state index in [-0.39, 0.29) is 0 Å². The van der Waals surface area contributed by atoms with Gasteiger partial charge in [0.1, 0.15) is 0 Å². The van der Waals surface area contributed by atoms with Crippen LogP contribution in [0.1, 0.15) is 62.3 Å². The van der Waals surface area contributed by atoms with E-state index in [9.17, 15) is 0 Å². The summed E-state index contributed by atoms with van der Waals surface area (Å²) in [6, 6.07) is 0. The van der Waals surface area contributed by atoms with Gasteiger partial charge < -0.3 is 5.41 Å². The van der Waals surface area contributed by atoms with E-state index < -0.39 is 0 Å². The summed E-state index contributed by atoms with van der Waals surface area (Å²) in [5, 5.41) is 6.90. The molecule has 1 N–H and O–H groups in total. The lowest BCUT2D eigenvalue weighted by Gasteiger charge is -1.92. The smallest absolute Gasteiger partial charge is 0.0209 e. The molecule has 0 aromatic rings. The molecular formula is C14H31N. The van der Waals surface area contributed by atoms with E-state index in [1.165, 1.54) is 6.21 Å². The summed E-state index contributed by atoms with van der Waals surface area (Å²) >= 11 is 0. The van der Waals surface area contributed by atoms with Crippen LogP contribution < -0.4 is 0 Å². The molecule has 0 aliphatic carbocycles. The average Bonchev–Trinajstić information content (AvgIpc) is 2.36. The lowest BCUT2D eigenvalue weighted by Crippen LogP contribution is -1.79. The van der Waals surface area contributed by atoms with Gasteiger partial charge in [-0.1, -0.05) is 53.7 Å². The van der Waals surface area contributed by atoms with Crippen molar-refractivity contribution in [2.24, 2.45) is 0 Å². The Labute approximate surface area is 97.8 Å². The van der Waals surface area contributed by atoms with Gasteiger partial charge in [-0.2, -0.15) is 0 Å². The molecule has 15 heavy (non-hydrogen) atoms. The van der Waals surface area contributed by atoms with Crippen molar-refractivity contribution in [2.75, 3.05) is 0 Å². The van der Waals surface area contributed by atoms with Crippen LogP contribution in [0.3, 0.4) is 0 Å². The first kappa shape index (κ1) is 23.8. The Kier molecular flexibility index (Phi) is 46.3. The van der Waals surface area contributed by atoms with Crippen molar-refractivity contribution >= 4 is 6.21 Å². The molecule has 0 aromatic carbocycles. The first-order chi connectivity index (χ1) is 7.22. The van der Waals surface area contributed by atoms with Crippen molar-refractivity contribution < 1.29 is 0 Å². The van der Waals surface area contributed by atoms with E-state index in [1.54, 1.807) is 0 Å². The molecular weight excluding hydrogens is 182 g/mol. The van der Waals surface area contributed by atoms with E-state index in [0.29, 0.717) is 0 Å². The summed E-state index contributed by atoms with van der Waals surface area (Å²) in [6.45, 7) is 17.9. The normalized spacial score (nSPS) is 9.40. The van der Waals surface area contributed by atoms with Gasteiger partial charge in [0.25, 0.3) is 0 Å². The van der Waals surface area contributed by atoms with Crippen molar-refractivity contribution in [1.82, 2.24) is 0 Å². The molecule has 0 atom stereocenters. The van der Waals surface area contributed by atoms with Crippen LogP contribution in [0, 0.1) is 5.41 Å². The summed E-state index contributed by atoms with van der Waals surface area (Å²) in [6.07, 6.45) is 5.35. The van der Waals surface area contributed by atoms with Gasteiger partial charge in [0.15, 0.2) is 0 Å². The minimum atomic E-state index is 1.02. The second-order valence-corrected chi connectivity index (χ2v) is 2.01. The molecule has 1 heteroatoms. The van der Waals surface area contributed by atoms with E-state index in [1.807, 2.05) is 74.5 Å². The van der Waals surface area contributed by atoms with Gasteiger partial charge in [0.05, 0.1) is 0 Å². The van der Waals surface area contributed by atoms with Crippen LogP contribution in [0.4, 0.5) is 0 Å². The van der Waals surface area contributed by atoms with Gasteiger partial charge in [-0.05, 0) is 31.9 Å². The van der Waals surface area contributed by atoms with E-state index in [2.05, 4.69) is 0 Å². The molecule has 0 spiro atoms. The Bertz CT molecular complexity index is 153. The Morgan fingerprint density at radius 2 is 1.13 bits per heavy atom. The predicted octanol–water partition coefficient (Wildman–Crippen LogP) is 5.63. The summed E-state index contributed by atoms with van der Waals surface area (Å²) in [4.78, 5) is 0. The Morgan fingerprint density at radius 3 is 1.33 bits per heavy atom. The lowest BCUT2D eigenvalue weighted by atomic mass is 10.1. The zero-order chi connectivity index (χ0) is 13.3. The topological polar surface area (TPSA) is 23.9 Å². The highest BCUT2D eigenvalue weighted by Crippen LogP contribution is 2.00. The molecule has 0 aliphatic rings. The number of nitrogens with one attached hydrogen (secondary N) is 1. The van der Waals surface area contributed by atoms with Crippen LogP contribution in [0.15, 0.2) is 23.3 Å². The summed E-state index contributed by atoms with van der Waals surface area (Å²) < 4.78 is 0. The van der Waals surface area contributed by atoms with E-state index in [4.69, 9.17) is 5.41 Å². The molecule has 0 saturated heterocycles. The molecule has 0 radical (unpaired) electrons. The molecule has 0 fully saturated rings. The highest BCUT2D eigenvalue weighted by molar-refractivity contribution is 5.76. The van der Waals surface area contributed by atoms with Crippen LogP contribution >= 0.6 is 0 Å². The van der Waals surface area contributed by atoms with E-state index >= 15 is 0 Å². The molecule has 0 unspecified atom stereocenters. The van der Waals surface area contributed by atoms with Gasteiger partial charge in [-0.15, -0.1) is 0 Å². The molecule has 0 saturated carbocycles. The largest absolute Gasteiger partial charge is 0.308 e. The van der Waals surface area contributed by atoms with Gasteiger partial charge in [0.2, 0.25) is 0 Å². The molecule has 0 bridgehead atoms. The number of hydrogen-bond acceptors (Lipinski definition) is 1. The standard InChI is InChI=1S/C8H13N.3C2H6/c1-4-5-7(2)8(3)6-9;3*1-2/h4-6,9H,1-3H3;3*1-2H3/b5-4-,8-7-,9-6?;;;. The van der Waals surface area contributed by atoms with Crippen molar-refractivity contribution in [2.45, 2.75) is 62.3 Å². The van der Waals surface area contributed by atoms with Crippen LogP contribution in [-0.2, 0) is 0 Å². The molecule has 0 aliphatic heterocycles. The zero-order valence-electron chi connectivity index (χ0n) is 12.2. The summed E-state index contributed by atoms with van der Waals surface area (Å²) in [5.41, 5.74) is 2.18. The van der Waals surface area contributed by atoms with Crippen molar-refractivity contribution in [3.63, 3.8) is 0 Å². The highest BCUT2D eigenvalue weighted by Gasteiger charge is 1.84. The van der Waals surface area contributed by atoms with Gasteiger partial charge >= 0.3 is 0 Å². The van der Waals surface area contributed by atoms with E-state index in [0.717, 1.165) is 11.1 Å². The minimum absolute atomic E-state index is 1.02. The monoisotopic (exact) mass is 213 g/mol. The first-order valence-corrected chi connectivity index (χ1v) is 6.03. The molecule has 0 rings (SSSR count). The third-order valence-electron chi connectivity index (χ3n) is 1.26. The lowest BCUT2D eigenvalue weighted by molar-refractivity contribution is 1.39. The van der Waals surface area contributed by atoms with Gasteiger partial charge in [0, 0.05) is 6.21 Å². The second kappa shape index (κ2) is 29.2. The molecule has 1 nitrogen and oxygen atoms in total. The van der Waals surface area contributed by atoms with Gasteiger partial charge in [-0.25, -0.2) is 0 Å². The van der Waals surface area contributed by atoms with Crippen LogP contribution in [-0.4, -0.2) is 6.21 Å². The quantitative estimate of drug-likeness (QED) is 0.454. The maximum Gasteiger partial charge on any atom is 0.0209 e. The first-order valence-electron chi connectivity index (χ1n) is 6.03. The number of allylic oxidation sites excluding steroid dienone is 4. The maximum atomic E-state index is 6.90. The Balaban J connectivity index is -0.0000000860. The van der Waals surface area contributed by atoms with Crippen molar-refractivity contribution in [1.29, 1.82) is 5.41 Å². The Morgan fingerprint density at radius 1 is 0.800 bits per heavy atom. The average molecular weight is 213 g/mol. The third kappa shape index (κ3) is 24.6. The molecule has 0 amide bonds. The van der Waals surface area contributed by atoms with Crippen LogP contribution in [0.25, 0.3) is 0 Å². The van der Waals surface area contributed by atoms with Gasteiger partial charge in [-0.3, -0.25) is 0 Å². The third-order valence-corrected chi connectivity index (χ3v) is 1.26. The van der Waals surface area contributed by atoms with Crippen LogP contribution in [0.2, 0.25) is 0 Å². The zero-order valence-corrected chi connectivity index (χ0v) is 12.2. The minimum Gasteiger partial charge on any atom is -0.308 e. The fourth-order valence-electron chi connectivity index (χ4n) is 0.495. The number of hydrogen-bond donors (Lipinski definition) is 1. The molecule has 92 valence electrons. The fraction of sp³-hybridized carbons (Fsp3) is 0.643. The number of rotatable bonds is 2. The Hall–Kier alpha value is -0.850. The highest BCUT2D eigenvalue weighted by atomic mass is 14.3. The molecule has 0 aromatic heterocycles. The summed E-state index contributed by atoms with van der Waals surface area (Å²) in [5.74, 6) is 0. The molecule has 0 heterocycles. The van der Waals surface area contributed by atoms with Crippen molar-refractivity contribution in [3.05, 3.63) is 23.3 Å². The second-order valence-electron chi connectivity index (χ2n) is 2.01. The summed E-state index contributed by atoms with van der Waals surface area (Å²) in [7, 11) is 0. The predicted molar refractivity (Wildman–Crippen MR) is 76.0 cm³/mol. The van der Waals surface area contributed by atoms with Crippen LogP contribution in [0.5, 0.6) is 0 Å². The fourth-order valence-corrected chi connectivity index (χ4v) is 0.495. The van der Waals surface area contributed by atoms with Crippen molar-refractivity contribution in [3.8, 4) is 0 Å². The SMILES string of the molecule is C/C=C\C(C)=C(\C)C=N.CC.CC.CC. The maximum absolute atomic E-state index is 6.90.